The summed E-state index contributed by atoms with van der Waals surface area (Å²) < 4.78 is 5.43. The zero-order chi connectivity index (χ0) is 17.3. The van der Waals surface area contributed by atoms with Crippen LogP contribution in [-0.4, -0.2) is 52.8 Å². The molecule has 1 N–H and O–H groups in total. The van der Waals surface area contributed by atoms with E-state index in [-0.39, 0.29) is 17.7 Å². The zero-order valence-corrected chi connectivity index (χ0v) is 15.7. The van der Waals surface area contributed by atoms with Gasteiger partial charge in [0.25, 0.3) is 5.91 Å². The molecule has 1 aromatic heterocycles. The van der Waals surface area contributed by atoms with Crippen LogP contribution in [0.3, 0.4) is 0 Å². The van der Waals surface area contributed by atoms with E-state index in [1.54, 1.807) is 0 Å². The topological polar surface area (TPSA) is 62.7 Å². The molecule has 0 aliphatic carbocycles. The van der Waals surface area contributed by atoms with Crippen LogP contribution in [0.4, 0.5) is 0 Å². The molecule has 24 heavy (non-hydrogen) atoms. The summed E-state index contributed by atoms with van der Waals surface area (Å²) in [5.41, 5.74) is 0.234. The molecule has 134 valence electrons. The minimum absolute atomic E-state index is 0.0809. The van der Waals surface area contributed by atoms with Crippen LogP contribution in [0.15, 0.2) is 0 Å². The summed E-state index contributed by atoms with van der Waals surface area (Å²) in [6.07, 6.45) is 3.27. The van der Waals surface area contributed by atoms with Crippen LogP contribution in [-0.2, 0) is 11.2 Å². The van der Waals surface area contributed by atoms with E-state index in [1.807, 2.05) is 18.7 Å². The number of aliphatic hydroxyl groups is 1. The summed E-state index contributed by atoms with van der Waals surface area (Å²) in [4.78, 5) is 20.1. The number of hydrogen-bond donors (Lipinski definition) is 1. The molecule has 0 spiro atoms. The summed E-state index contributed by atoms with van der Waals surface area (Å²) in [5, 5.41) is 12.2. The lowest BCUT2D eigenvalue weighted by atomic mass is 9.70. The molecule has 2 saturated heterocycles. The molecule has 2 aliphatic heterocycles. The highest BCUT2D eigenvalue weighted by Gasteiger charge is 2.46. The Balaban J connectivity index is 1.71. The molecule has 0 aromatic carbocycles. The van der Waals surface area contributed by atoms with Crippen molar-refractivity contribution < 1.29 is 14.6 Å². The third-order valence-electron chi connectivity index (χ3n) is 5.68. The number of aromatic nitrogens is 1. The van der Waals surface area contributed by atoms with Gasteiger partial charge in [0.2, 0.25) is 0 Å². The number of nitrogens with zero attached hydrogens (tertiary/aromatic N) is 2. The van der Waals surface area contributed by atoms with Crippen molar-refractivity contribution >= 4 is 17.2 Å². The summed E-state index contributed by atoms with van der Waals surface area (Å²) >= 11 is 1.49. The van der Waals surface area contributed by atoms with Crippen molar-refractivity contribution in [2.75, 3.05) is 26.3 Å². The molecule has 1 aromatic rings. The minimum atomic E-state index is -0.669. The molecule has 0 bridgehead atoms. The Morgan fingerprint density at radius 1 is 1.46 bits per heavy atom. The Labute approximate surface area is 148 Å². The van der Waals surface area contributed by atoms with Crippen molar-refractivity contribution in [2.24, 2.45) is 11.8 Å². The van der Waals surface area contributed by atoms with Gasteiger partial charge in [0, 0.05) is 32.2 Å². The largest absolute Gasteiger partial charge is 0.389 e. The van der Waals surface area contributed by atoms with E-state index in [0.717, 1.165) is 48.1 Å². The van der Waals surface area contributed by atoms with E-state index in [2.05, 4.69) is 11.9 Å². The van der Waals surface area contributed by atoms with Crippen LogP contribution in [0.2, 0.25) is 0 Å². The van der Waals surface area contributed by atoms with E-state index in [9.17, 15) is 9.90 Å². The molecule has 6 heteroatoms. The van der Waals surface area contributed by atoms with Crippen LogP contribution < -0.4 is 0 Å². The maximum absolute atomic E-state index is 12.9. The number of amides is 1. The second kappa shape index (κ2) is 7.10. The molecule has 3 rings (SSSR count). The fraction of sp³-hybridized carbons (Fsp3) is 0.778. The van der Waals surface area contributed by atoms with Crippen molar-refractivity contribution in [3.8, 4) is 0 Å². The molecule has 2 aliphatic rings. The molecule has 2 atom stereocenters. The standard InChI is InChI=1S/C18H28N2O3S/c1-4-15-16(24-13(3)19-15)17(21)20-8-7-18(22,12(2)11-20)14-5-9-23-10-6-14/h12,14,22H,4-11H2,1-3H3/t12-,18+/m1/s1. The summed E-state index contributed by atoms with van der Waals surface area (Å²) in [5.74, 6) is 0.450. The summed E-state index contributed by atoms with van der Waals surface area (Å²) in [6, 6.07) is 0. The lowest BCUT2D eigenvalue weighted by molar-refractivity contribution is -0.125. The van der Waals surface area contributed by atoms with Crippen LogP contribution in [0, 0.1) is 18.8 Å². The third kappa shape index (κ3) is 3.24. The molecular weight excluding hydrogens is 324 g/mol. The van der Waals surface area contributed by atoms with Crippen LogP contribution >= 0.6 is 11.3 Å². The van der Waals surface area contributed by atoms with Gasteiger partial charge in [-0.25, -0.2) is 4.98 Å². The number of aryl methyl sites for hydroxylation is 2. The first-order valence-electron chi connectivity index (χ1n) is 9.01. The van der Waals surface area contributed by atoms with Crippen LogP contribution in [0.25, 0.3) is 0 Å². The normalized spacial score (nSPS) is 29.0. The lowest BCUT2D eigenvalue weighted by Gasteiger charge is -2.48. The molecule has 1 amide bonds. The fourth-order valence-electron chi connectivity index (χ4n) is 4.15. The second-order valence-electron chi connectivity index (χ2n) is 7.14. The number of carbonyl (C=O) groups is 1. The van der Waals surface area contributed by atoms with Gasteiger partial charge in [-0.15, -0.1) is 11.3 Å². The number of hydrogen-bond acceptors (Lipinski definition) is 5. The minimum Gasteiger partial charge on any atom is -0.389 e. The van der Waals surface area contributed by atoms with Gasteiger partial charge in [0.05, 0.1) is 16.3 Å². The first kappa shape index (κ1) is 17.8. The number of likely N-dealkylation sites (tertiary alicyclic amines) is 1. The van der Waals surface area contributed by atoms with Crippen molar-refractivity contribution in [3.05, 3.63) is 15.6 Å². The number of thiazole rings is 1. The van der Waals surface area contributed by atoms with Gasteiger partial charge in [-0.05, 0) is 38.5 Å². The van der Waals surface area contributed by atoms with Crippen molar-refractivity contribution in [2.45, 2.75) is 52.1 Å². The first-order chi connectivity index (χ1) is 11.5. The van der Waals surface area contributed by atoms with E-state index in [0.29, 0.717) is 19.5 Å². The molecule has 2 fully saturated rings. The average molecular weight is 353 g/mol. The summed E-state index contributed by atoms with van der Waals surface area (Å²) in [6.45, 7) is 8.78. The highest BCUT2D eigenvalue weighted by molar-refractivity contribution is 7.13. The van der Waals surface area contributed by atoms with E-state index in [1.165, 1.54) is 11.3 Å². The van der Waals surface area contributed by atoms with Gasteiger partial charge in [-0.3, -0.25) is 4.79 Å². The number of piperidine rings is 1. The van der Waals surface area contributed by atoms with Crippen LogP contribution in [0.1, 0.15) is 53.5 Å². The molecule has 0 saturated carbocycles. The Kier molecular flexibility index (Phi) is 5.27. The predicted molar refractivity (Wildman–Crippen MR) is 94.4 cm³/mol. The Hall–Kier alpha value is -0.980. The van der Waals surface area contributed by atoms with Crippen molar-refractivity contribution in [1.29, 1.82) is 0 Å². The summed E-state index contributed by atoms with van der Waals surface area (Å²) in [7, 11) is 0. The Morgan fingerprint density at radius 2 is 2.17 bits per heavy atom. The smallest absolute Gasteiger partial charge is 0.265 e. The van der Waals surface area contributed by atoms with E-state index < -0.39 is 5.60 Å². The molecule has 0 radical (unpaired) electrons. The maximum atomic E-state index is 12.9. The van der Waals surface area contributed by atoms with Crippen molar-refractivity contribution in [3.63, 3.8) is 0 Å². The fourth-order valence-corrected chi connectivity index (χ4v) is 5.12. The SMILES string of the molecule is CCc1nc(C)sc1C(=O)N1CC[C@@](O)(C2CCOCC2)[C@H](C)C1. The van der Waals surface area contributed by atoms with E-state index in [4.69, 9.17) is 4.74 Å². The number of carbonyl (C=O) groups excluding carboxylic acids is 1. The molecular formula is C18H28N2O3S. The lowest BCUT2D eigenvalue weighted by Crippen LogP contribution is -2.56. The van der Waals surface area contributed by atoms with Gasteiger partial charge in [0.1, 0.15) is 4.88 Å². The number of ether oxygens (including phenoxy) is 1. The van der Waals surface area contributed by atoms with Gasteiger partial charge < -0.3 is 14.7 Å². The van der Waals surface area contributed by atoms with Crippen LogP contribution in [0.5, 0.6) is 0 Å². The Morgan fingerprint density at radius 3 is 2.79 bits per heavy atom. The van der Waals surface area contributed by atoms with E-state index >= 15 is 0 Å². The van der Waals surface area contributed by atoms with Gasteiger partial charge in [-0.1, -0.05) is 13.8 Å². The Bertz CT molecular complexity index is 597. The average Bonchev–Trinajstić information content (AvgIpc) is 2.98. The van der Waals surface area contributed by atoms with Crippen molar-refractivity contribution in [1.82, 2.24) is 9.88 Å². The maximum Gasteiger partial charge on any atom is 0.265 e. The highest BCUT2D eigenvalue weighted by atomic mass is 32.1. The third-order valence-corrected chi connectivity index (χ3v) is 6.68. The zero-order valence-electron chi connectivity index (χ0n) is 14.9. The predicted octanol–water partition coefficient (Wildman–Crippen LogP) is 2.65. The molecule has 5 nitrogen and oxygen atoms in total. The monoisotopic (exact) mass is 352 g/mol. The quantitative estimate of drug-likeness (QED) is 0.908. The molecule has 3 heterocycles. The van der Waals surface area contributed by atoms with Gasteiger partial charge in [-0.2, -0.15) is 0 Å². The van der Waals surface area contributed by atoms with Gasteiger partial charge >= 0.3 is 0 Å². The number of rotatable bonds is 3. The second-order valence-corrected chi connectivity index (χ2v) is 8.35. The highest BCUT2D eigenvalue weighted by Crippen LogP contribution is 2.39. The van der Waals surface area contributed by atoms with Gasteiger partial charge in [0.15, 0.2) is 0 Å². The molecule has 0 unspecified atom stereocenters. The first-order valence-corrected chi connectivity index (χ1v) is 9.83.